The SMILES string of the molecule is CCCN(CCC)Cc1ccc(C(=O)N2CCc3c(nc[nH]c3=O)C2)cc1. The first-order valence-electron chi connectivity index (χ1n) is 9.78. The standard InChI is InChI=1S/C21H28N4O2/c1-3-10-24(11-4-2)13-16-5-7-17(8-6-16)21(27)25-12-9-18-19(14-25)22-15-23-20(18)26/h5-8,15H,3-4,9-14H2,1-2H3,(H,22,23,26). The third-order valence-corrected chi connectivity index (χ3v) is 4.98. The van der Waals surface area contributed by atoms with Gasteiger partial charge < -0.3 is 9.88 Å². The molecule has 144 valence electrons. The molecule has 0 bridgehead atoms. The minimum Gasteiger partial charge on any atom is -0.332 e. The maximum Gasteiger partial charge on any atom is 0.254 e. The zero-order valence-electron chi connectivity index (χ0n) is 16.2. The predicted molar refractivity (Wildman–Crippen MR) is 106 cm³/mol. The van der Waals surface area contributed by atoms with Crippen LogP contribution in [0, 0.1) is 0 Å². The average Bonchev–Trinajstić information content (AvgIpc) is 2.68. The van der Waals surface area contributed by atoms with Crippen molar-refractivity contribution in [1.82, 2.24) is 19.8 Å². The van der Waals surface area contributed by atoms with Crippen LogP contribution in [0.3, 0.4) is 0 Å². The average molecular weight is 368 g/mol. The van der Waals surface area contributed by atoms with Crippen molar-refractivity contribution in [3.8, 4) is 0 Å². The number of rotatable bonds is 7. The van der Waals surface area contributed by atoms with Crippen molar-refractivity contribution in [3.63, 3.8) is 0 Å². The minimum absolute atomic E-state index is 0.00625. The fourth-order valence-corrected chi connectivity index (χ4v) is 3.63. The lowest BCUT2D eigenvalue weighted by molar-refractivity contribution is 0.0731. The van der Waals surface area contributed by atoms with Gasteiger partial charge in [0.15, 0.2) is 0 Å². The second kappa shape index (κ2) is 8.95. The van der Waals surface area contributed by atoms with Gasteiger partial charge >= 0.3 is 0 Å². The highest BCUT2D eigenvalue weighted by atomic mass is 16.2. The Balaban J connectivity index is 1.66. The Morgan fingerprint density at radius 2 is 1.89 bits per heavy atom. The Morgan fingerprint density at radius 3 is 2.56 bits per heavy atom. The van der Waals surface area contributed by atoms with Gasteiger partial charge in [-0.25, -0.2) is 4.98 Å². The lowest BCUT2D eigenvalue weighted by Gasteiger charge is -2.27. The van der Waals surface area contributed by atoms with E-state index in [1.165, 1.54) is 11.9 Å². The van der Waals surface area contributed by atoms with E-state index in [0.717, 1.165) is 32.5 Å². The number of nitrogens with zero attached hydrogens (tertiary/aromatic N) is 3. The molecule has 0 aliphatic carbocycles. The molecule has 1 aromatic carbocycles. The van der Waals surface area contributed by atoms with Crippen LogP contribution in [0.15, 0.2) is 35.4 Å². The van der Waals surface area contributed by atoms with Gasteiger partial charge in [-0.05, 0) is 50.0 Å². The molecule has 1 aliphatic rings. The maximum atomic E-state index is 12.8. The summed E-state index contributed by atoms with van der Waals surface area (Å²) in [7, 11) is 0. The van der Waals surface area contributed by atoms with Gasteiger partial charge in [0.05, 0.1) is 18.6 Å². The van der Waals surface area contributed by atoms with Crippen molar-refractivity contribution in [2.24, 2.45) is 0 Å². The predicted octanol–water partition coefficient (Wildman–Crippen LogP) is 2.59. The molecule has 2 aromatic rings. The highest BCUT2D eigenvalue weighted by Gasteiger charge is 2.24. The van der Waals surface area contributed by atoms with E-state index in [2.05, 4.69) is 28.7 Å². The van der Waals surface area contributed by atoms with Gasteiger partial charge in [-0.1, -0.05) is 26.0 Å². The van der Waals surface area contributed by atoms with Crippen LogP contribution in [-0.2, 0) is 19.5 Å². The van der Waals surface area contributed by atoms with E-state index in [1.807, 2.05) is 24.3 Å². The molecule has 0 saturated carbocycles. The lowest BCUT2D eigenvalue weighted by Crippen LogP contribution is -2.38. The van der Waals surface area contributed by atoms with Gasteiger partial charge in [0.1, 0.15) is 0 Å². The Hall–Kier alpha value is -2.47. The van der Waals surface area contributed by atoms with Crippen molar-refractivity contribution >= 4 is 5.91 Å². The van der Waals surface area contributed by atoms with Crippen LogP contribution in [0.2, 0.25) is 0 Å². The molecule has 0 saturated heterocycles. The summed E-state index contributed by atoms with van der Waals surface area (Å²) >= 11 is 0. The quantitative estimate of drug-likeness (QED) is 0.816. The lowest BCUT2D eigenvalue weighted by atomic mass is 10.0. The Kier molecular flexibility index (Phi) is 6.40. The van der Waals surface area contributed by atoms with Crippen molar-refractivity contribution in [2.75, 3.05) is 19.6 Å². The van der Waals surface area contributed by atoms with Gasteiger partial charge in [-0.2, -0.15) is 0 Å². The summed E-state index contributed by atoms with van der Waals surface area (Å²) in [5.74, 6) is -0.00625. The van der Waals surface area contributed by atoms with Crippen LogP contribution in [0.25, 0.3) is 0 Å². The second-order valence-corrected chi connectivity index (χ2v) is 7.11. The molecule has 6 nitrogen and oxygen atoms in total. The zero-order valence-corrected chi connectivity index (χ0v) is 16.2. The number of H-pyrrole nitrogens is 1. The molecule has 1 amide bonds. The summed E-state index contributed by atoms with van der Waals surface area (Å²) in [6.07, 6.45) is 4.24. The molecule has 0 atom stereocenters. The summed E-state index contributed by atoms with van der Waals surface area (Å²) in [4.78, 5) is 35.7. The smallest absolute Gasteiger partial charge is 0.254 e. The molecule has 2 heterocycles. The molecule has 3 rings (SSSR count). The van der Waals surface area contributed by atoms with Crippen LogP contribution in [-0.4, -0.2) is 45.3 Å². The Morgan fingerprint density at radius 1 is 1.19 bits per heavy atom. The van der Waals surface area contributed by atoms with Crippen LogP contribution in [0.1, 0.15) is 53.9 Å². The number of benzene rings is 1. The third-order valence-electron chi connectivity index (χ3n) is 4.98. The summed E-state index contributed by atoms with van der Waals surface area (Å²) in [5.41, 5.74) is 3.21. The molecule has 1 aliphatic heterocycles. The van der Waals surface area contributed by atoms with E-state index < -0.39 is 0 Å². The summed E-state index contributed by atoms with van der Waals surface area (Å²) in [5, 5.41) is 0. The largest absolute Gasteiger partial charge is 0.332 e. The van der Waals surface area contributed by atoms with Crippen LogP contribution in [0.5, 0.6) is 0 Å². The highest BCUT2D eigenvalue weighted by Crippen LogP contribution is 2.17. The molecule has 0 spiro atoms. The minimum atomic E-state index is -0.0971. The topological polar surface area (TPSA) is 69.3 Å². The van der Waals surface area contributed by atoms with Gasteiger partial charge in [0.25, 0.3) is 11.5 Å². The number of amides is 1. The monoisotopic (exact) mass is 368 g/mol. The molecular formula is C21H28N4O2. The van der Waals surface area contributed by atoms with E-state index in [4.69, 9.17) is 0 Å². The summed E-state index contributed by atoms with van der Waals surface area (Å²) in [6, 6.07) is 7.92. The highest BCUT2D eigenvalue weighted by molar-refractivity contribution is 5.94. The maximum absolute atomic E-state index is 12.8. The molecule has 6 heteroatoms. The molecule has 0 unspecified atom stereocenters. The van der Waals surface area contributed by atoms with Crippen LogP contribution in [0.4, 0.5) is 0 Å². The van der Waals surface area contributed by atoms with Crippen molar-refractivity contribution in [3.05, 3.63) is 63.3 Å². The van der Waals surface area contributed by atoms with E-state index >= 15 is 0 Å². The molecule has 1 N–H and O–H groups in total. The molecule has 0 radical (unpaired) electrons. The van der Waals surface area contributed by atoms with Crippen molar-refractivity contribution < 1.29 is 4.79 Å². The number of aromatic nitrogens is 2. The Bertz CT molecular complexity index is 823. The number of hydrogen-bond acceptors (Lipinski definition) is 4. The number of nitrogens with one attached hydrogen (secondary N) is 1. The second-order valence-electron chi connectivity index (χ2n) is 7.11. The fourth-order valence-electron chi connectivity index (χ4n) is 3.63. The molecule has 0 fully saturated rings. The van der Waals surface area contributed by atoms with Crippen LogP contribution >= 0.6 is 0 Å². The first kappa shape index (κ1) is 19.3. The first-order valence-corrected chi connectivity index (χ1v) is 9.78. The Labute approximate surface area is 160 Å². The normalized spacial score (nSPS) is 13.7. The van der Waals surface area contributed by atoms with Crippen molar-refractivity contribution in [2.45, 2.75) is 46.2 Å². The van der Waals surface area contributed by atoms with E-state index in [1.54, 1.807) is 4.90 Å². The van der Waals surface area contributed by atoms with E-state index in [-0.39, 0.29) is 11.5 Å². The molecular weight excluding hydrogens is 340 g/mol. The van der Waals surface area contributed by atoms with Gasteiger partial charge in [0, 0.05) is 24.2 Å². The van der Waals surface area contributed by atoms with Gasteiger partial charge in [-0.3, -0.25) is 14.5 Å². The zero-order chi connectivity index (χ0) is 19.2. The van der Waals surface area contributed by atoms with E-state index in [0.29, 0.717) is 36.3 Å². The fraction of sp³-hybridized carbons (Fsp3) is 0.476. The molecule has 1 aromatic heterocycles. The number of carbonyl (C=O) groups is 1. The number of hydrogen-bond donors (Lipinski definition) is 1. The summed E-state index contributed by atoms with van der Waals surface area (Å²) < 4.78 is 0. The van der Waals surface area contributed by atoms with Crippen molar-refractivity contribution in [1.29, 1.82) is 0 Å². The van der Waals surface area contributed by atoms with Crippen LogP contribution < -0.4 is 5.56 Å². The van der Waals surface area contributed by atoms with Gasteiger partial charge in [0.2, 0.25) is 0 Å². The number of aromatic amines is 1. The third kappa shape index (κ3) is 4.63. The summed E-state index contributed by atoms with van der Waals surface area (Å²) in [6.45, 7) is 8.43. The van der Waals surface area contributed by atoms with Gasteiger partial charge in [-0.15, -0.1) is 0 Å². The molecule has 27 heavy (non-hydrogen) atoms. The number of fused-ring (bicyclic) bond motifs is 1. The number of carbonyl (C=O) groups excluding carboxylic acids is 1. The first-order chi connectivity index (χ1) is 13.1. The van der Waals surface area contributed by atoms with E-state index in [9.17, 15) is 9.59 Å².